The summed E-state index contributed by atoms with van der Waals surface area (Å²) in [4.78, 5) is 17.3. The molecule has 0 saturated carbocycles. The number of amidine groups is 1. The summed E-state index contributed by atoms with van der Waals surface area (Å²) in [5.41, 5.74) is 4.31. The van der Waals surface area contributed by atoms with Crippen molar-refractivity contribution in [3.63, 3.8) is 0 Å². The molecule has 0 aromatic carbocycles. The lowest BCUT2D eigenvalue weighted by Crippen LogP contribution is -2.41. The van der Waals surface area contributed by atoms with E-state index in [2.05, 4.69) is 42.1 Å². The first kappa shape index (κ1) is 23.6. The van der Waals surface area contributed by atoms with Gasteiger partial charge in [-0.1, -0.05) is 32.9 Å². The Morgan fingerprint density at radius 3 is 2.82 bits per heavy atom. The van der Waals surface area contributed by atoms with Crippen LogP contribution in [0, 0.1) is 0 Å². The second-order valence-electron chi connectivity index (χ2n) is 9.01. The van der Waals surface area contributed by atoms with Crippen LogP contribution in [0.2, 0.25) is 0 Å². The molecule has 1 N–H and O–H groups in total. The van der Waals surface area contributed by atoms with Gasteiger partial charge in [-0.2, -0.15) is 0 Å². The highest BCUT2D eigenvalue weighted by Crippen LogP contribution is 2.22. The third kappa shape index (κ3) is 5.20. The molecule has 0 aliphatic carbocycles. The lowest BCUT2D eigenvalue weighted by molar-refractivity contribution is 0.0675. The molecule has 7 heteroatoms. The number of hydrogen-bond acceptors (Lipinski definition) is 6. The molecule has 3 aliphatic rings. The summed E-state index contributed by atoms with van der Waals surface area (Å²) in [6, 6.07) is 0.426. The number of imidazole rings is 1. The highest BCUT2D eigenvalue weighted by atomic mass is 16.5. The zero-order valence-corrected chi connectivity index (χ0v) is 20.4. The summed E-state index contributed by atoms with van der Waals surface area (Å²) >= 11 is 0. The van der Waals surface area contributed by atoms with Gasteiger partial charge in [0.25, 0.3) is 0 Å². The van der Waals surface area contributed by atoms with Gasteiger partial charge in [0, 0.05) is 49.6 Å². The van der Waals surface area contributed by atoms with E-state index in [1.165, 1.54) is 10.9 Å². The van der Waals surface area contributed by atoms with Gasteiger partial charge in [0.2, 0.25) is 0 Å². The van der Waals surface area contributed by atoms with Crippen molar-refractivity contribution in [1.82, 2.24) is 19.8 Å². The molecule has 1 aromatic rings. The average Bonchev–Trinajstić information content (AvgIpc) is 3.49. The number of hydrogen-bond donors (Lipinski definition) is 1. The van der Waals surface area contributed by atoms with E-state index >= 15 is 0 Å². The van der Waals surface area contributed by atoms with Crippen molar-refractivity contribution < 1.29 is 4.74 Å². The van der Waals surface area contributed by atoms with Gasteiger partial charge in [0.05, 0.1) is 24.9 Å². The molecule has 2 fully saturated rings. The van der Waals surface area contributed by atoms with E-state index in [4.69, 9.17) is 19.7 Å². The topological polar surface area (TPSA) is 67.0 Å². The Morgan fingerprint density at radius 2 is 2.15 bits per heavy atom. The third-order valence-corrected chi connectivity index (χ3v) is 6.73. The number of morpholine rings is 1. The first-order valence-electron chi connectivity index (χ1n) is 12.4. The Kier molecular flexibility index (Phi) is 7.93. The fourth-order valence-corrected chi connectivity index (χ4v) is 4.85. The number of nitrogens with one attached hydrogen (secondary N) is 1. The van der Waals surface area contributed by atoms with Crippen LogP contribution in [0.1, 0.15) is 58.9 Å². The smallest absolute Gasteiger partial charge is 0.115 e. The van der Waals surface area contributed by atoms with Gasteiger partial charge in [0.15, 0.2) is 0 Å². The van der Waals surface area contributed by atoms with Crippen LogP contribution in [-0.2, 0) is 4.74 Å². The second kappa shape index (κ2) is 11.1. The van der Waals surface area contributed by atoms with E-state index in [1.807, 2.05) is 18.6 Å². The van der Waals surface area contributed by atoms with Gasteiger partial charge in [-0.05, 0) is 38.3 Å². The zero-order chi connectivity index (χ0) is 23.2. The van der Waals surface area contributed by atoms with Crippen LogP contribution in [0.3, 0.4) is 0 Å². The average molecular weight is 451 g/mol. The lowest BCUT2D eigenvalue weighted by Gasteiger charge is -2.30. The molecule has 2 saturated heterocycles. The molecule has 0 amide bonds. The fourth-order valence-electron chi connectivity index (χ4n) is 4.85. The van der Waals surface area contributed by atoms with E-state index in [0.717, 1.165) is 99.7 Å². The van der Waals surface area contributed by atoms with Crippen LogP contribution in [0.15, 0.2) is 40.7 Å². The van der Waals surface area contributed by atoms with Crippen LogP contribution in [0.5, 0.6) is 0 Å². The molecule has 1 atom stereocenters. The van der Waals surface area contributed by atoms with Crippen molar-refractivity contribution in [2.24, 2.45) is 9.98 Å². The summed E-state index contributed by atoms with van der Waals surface area (Å²) in [5.74, 6) is 1.10. The van der Waals surface area contributed by atoms with Gasteiger partial charge >= 0.3 is 0 Å². The minimum atomic E-state index is 0.426. The predicted octanol–water partition coefficient (Wildman–Crippen LogP) is 2.55. The van der Waals surface area contributed by atoms with Crippen LogP contribution in [-0.4, -0.2) is 65.4 Å². The normalized spacial score (nSPS) is 22.3. The molecular formula is C26H38N6O. The van der Waals surface area contributed by atoms with Crippen LogP contribution in [0.4, 0.5) is 0 Å². The molecule has 0 spiro atoms. The van der Waals surface area contributed by atoms with E-state index in [1.54, 1.807) is 0 Å². The molecule has 7 nitrogen and oxygen atoms in total. The highest BCUT2D eigenvalue weighted by molar-refractivity contribution is 5.94. The number of fused-ring (bicyclic) bond motifs is 1. The van der Waals surface area contributed by atoms with E-state index in [-0.39, 0.29) is 0 Å². The predicted molar refractivity (Wildman–Crippen MR) is 136 cm³/mol. The van der Waals surface area contributed by atoms with Crippen molar-refractivity contribution in [3.05, 3.63) is 41.5 Å². The summed E-state index contributed by atoms with van der Waals surface area (Å²) in [5, 5.41) is 5.69. The monoisotopic (exact) mass is 450 g/mol. The number of ether oxygens (including phenoxy) is 1. The first-order chi connectivity index (χ1) is 16.2. The Morgan fingerprint density at radius 1 is 1.33 bits per heavy atom. The second-order valence-corrected chi connectivity index (χ2v) is 9.01. The Labute approximate surface area is 197 Å². The Hall–Kier alpha value is -2.51. The molecule has 1 aromatic heterocycles. The minimum absolute atomic E-state index is 0.426. The van der Waals surface area contributed by atoms with Crippen molar-refractivity contribution >= 4 is 22.8 Å². The number of aromatic nitrogens is 2. The van der Waals surface area contributed by atoms with Gasteiger partial charge in [-0.15, -0.1) is 0 Å². The van der Waals surface area contributed by atoms with Crippen molar-refractivity contribution in [2.45, 2.75) is 58.9 Å². The molecule has 0 bridgehead atoms. The fraction of sp³-hybridized carbons (Fsp3) is 0.577. The number of aliphatic imine (C=N–C) groups is 2. The zero-order valence-electron chi connectivity index (χ0n) is 20.4. The molecule has 4 heterocycles. The van der Waals surface area contributed by atoms with Crippen molar-refractivity contribution in [1.29, 1.82) is 0 Å². The molecular weight excluding hydrogens is 412 g/mol. The van der Waals surface area contributed by atoms with Gasteiger partial charge < -0.3 is 19.5 Å². The van der Waals surface area contributed by atoms with Crippen LogP contribution < -0.4 is 16.0 Å². The van der Waals surface area contributed by atoms with Gasteiger partial charge in [-0.3, -0.25) is 4.99 Å². The molecule has 1 unspecified atom stereocenters. The molecule has 0 radical (unpaired) electrons. The highest BCUT2D eigenvalue weighted by Gasteiger charge is 2.25. The minimum Gasteiger partial charge on any atom is -0.378 e. The maximum atomic E-state index is 5.61. The first-order valence-corrected chi connectivity index (χ1v) is 12.4. The summed E-state index contributed by atoms with van der Waals surface area (Å²) in [7, 11) is 0. The van der Waals surface area contributed by atoms with E-state index < -0.39 is 0 Å². The Balaban J connectivity index is 1.92. The molecule has 3 aliphatic heterocycles. The molecule has 33 heavy (non-hydrogen) atoms. The van der Waals surface area contributed by atoms with Crippen molar-refractivity contribution in [3.8, 4) is 0 Å². The van der Waals surface area contributed by atoms with Gasteiger partial charge in [0.1, 0.15) is 16.9 Å². The van der Waals surface area contributed by atoms with Crippen LogP contribution in [0.25, 0.3) is 11.3 Å². The number of nitrogens with zero attached hydrogens (tertiary/aromatic N) is 5. The summed E-state index contributed by atoms with van der Waals surface area (Å²) in [6.07, 6.45) is 10.8. The van der Waals surface area contributed by atoms with Crippen LogP contribution >= 0.6 is 0 Å². The largest absolute Gasteiger partial charge is 0.378 e. The standard InChI is InChI=1S/C26H38N6O/c1-5-8-19(4)28-16-21(7-3)24-25-26(32(18-29-25)22-9-10-27-17-22)20(6-2)15-23(30-24)31-11-13-33-14-12-31/h7,16,18,22,27H,3,5-6,8-15,17H2,1-2,4H3. The quantitative estimate of drug-likeness (QED) is 0.512. The lowest BCUT2D eigenvalue weighted by atomic mass is 10.1. The third-order valence-electron chi connectivity index (χ3n) is 6.73. The SMILES string of the molecule is C=CC(=CN=C(C)CCC)C1=c2ncn(C3CCNC3)c2=C(CC)CC(N2CCOCC2)=N1. The van der Waals surface area contributed by atoms with E-state index in [9.17, 15) is 0 Å². The maximum absolute atomic E-state index is 5.61. The molecule has 178 valence electrons. The number of rotatable bonds is 7. The summed E-state index contributed by atoms with van der Waals surface area (Å²) < 4.78 is 8.00. The van der Waals surface area contributed by atoms with Gasteiger partial charge in [-0.25, -0.2) is 9.98 Å². The Bertz CT molecular complexity index is 1060. The van der Waals surface area contributed by atoms with E-state index in [0.29, 0.717) is 6.04 Å². The molecule has 4 rings (SSSR count). The summed E-state index contributed by atoms with van der Waals surface area (Å²) in [6.45, 7) is 15.9. The maximum Gasteiger partial charge on any atom is 0.115 e. The van der Waals surface area contributed by atoms with Crippen molar-refractivity contribution in [2.75, 3.05) is 39.4 Å².